The van der Waals surface area contributed by atoms with Crippen LogP contribution in [-0.2, 0) is 0 Å². The molecule has 0 aliphatic heterocycles. The van der Waals surface area contributed by atoms with Gasteiger partial charge in [-0.15, -0.1) is 0 Å². The molecule has 23 heavy (non-hydrogen) atoms. The summed E-state index contributed by atoms with van der Waals surface area (Å²) in [7, 11) is 1.74. The van der Waals surface area contributed by atoms with Gasteiger partial charge in [0.2, 0.25) is 0 Å². The molecule has 1 aromatic carbocycles. The van der Waals surface area contributed by atoms with Crippen molar-refractivity contribution in [3.63, 3.8) is 0 Å². The summed E-state index contributed by atoms with van der Waals surface area (Å²) >= 11 is 0. The molecule has 1 heterocycles. The van der Waals surface area contributed by atoms with Crippen molar-refractivity contribution in [2.45, 2.75) is 45.4 Å². The molecule has 2 aromatic rings. The maximum absolute atomic E-state index is 5.43. The van der Waals surface area contributed by atoms with Gasteiger partial charge in [-0.25, -0.2) is 0 Å². The van der Waals surface area contributed by atoms with E-state index >= 15 is 0 Å². The van der Waals surface area contributed by atoms with Crippen molar-refractivity contribution >= 4 is 23.2 Å². The maximum atomic E-state index is 5.43. The van der Waals surface area contributed by atoms with Crippen LogP contribution >= 0.6 is 0 Å². The molecule has 118 valence electrons. The van der Waals surface area contributed by atoms with E-state index in [2.05, 4.69) is 63.3 Å². The van der Waals surface area contributed by atoms with Crippen LogP contribution in [0.4, 0.5) is 0 Å². The van der Waals surface area contributed by atoms with Crippen LogP contribution in [0.3, 0.4) is 0 Å². The summed E-state index contributed by atoms with van der Waals surface area (Å²) in [5, 5.41) is 2.59. The average molecular weight is 304 g/mol. The molecule has 0 radical (unpaired) electrons. The van der Waals surface area contributed by atoms with Crippen LogP contribution in [0, 0.1) is 0 Å². The van der Waals surface area contributed by atoms with Gasteiger partial charge in [-0.1, -0.05) is 0 Å². The van der Waals surface area contributed by atoms with Gasteiger partial charge >= 0.3 is 140 Å². The van der Waals surface area contributed by atoms with Crippen LogP contribution in [0.15, 0.2) is 42.5 Å². The Kier molecular flexibility index (Phi) is 5.00. The Labute approximate surface area is 140 Å². The molecule has 2 heteroatoms. The summed E-state index contributed by atoms with van der Waals surface area (Å²) in [5.41, 5.74) is 4.12. The third-order valence-electron chi connectivity index (χ3n) is 4.98. The van der Waals surface area contributed by atoms with Crippen molar-refractivity contribution in [2.75, 3.05) is 7.11 Å². The Morgan fingerprint density at radius 1 is 1.17 bits per heavy atom. The second kappa shape index (κ2) is 7.17. The first kappa shape index (κ1) is 16.0. The Morgan fingerprint density at radius 3 is 2.61 bits per heavy atom. The summed E-state index contributed by atoms with van der Waals surface area (Å²) in [4.78, 5) is 0. The minimum absolute atomic E-state index is 0.716. The van der Waals surface area contributed by atoms with E-state index in [1.165, 1.54) is 52.9 Å². The molecule has 0 spiro atoms. The minimum atomic E-state index is 0.716. The van der Waals surface area contributed by atoms with Gasteiger partial charge in [-0.3, -0.25) is 0 Å². The van der Waals surface area contributed by atoms with Gasteiger partial charge in [-0.05, 0) is 0 Å². The van der Waals surface area contributed by atoms with Crippen LogP contribution in [-0.4, -0.2) is 14.0 Å². The number of ether oxygens (including phenoxy) is 1. The van der Waals surface area contributed by atoms with Crippen molar-refractivity contribution in [1.29, 1.82) is 0 Å². The van der Waals surface area contributed by atoms with E-state index < -0.39 is 0 Å². The number of allylic oxidation sites excluding steroid dienone is 4. The Morgan fingerprint density at radius 2 is 1.96 bits per heavy atom. The third kappa shape index (κ3) is 3.27. The van der Waals surface area contributed by atoms with Crippen molar-refractivity contribution in [2.24, 2.45) is 0 Å². The summed E-state index contributed by atoms with van der Waals surface area (Å²) in [6.45, 7) is 6.57. The van der Waals surface area contributed by atoms with E-state index in [1.54, 1.807) is 7.11 Å². The van der Waals surface area contributed by atoms with E-state index in [1.807, 2.05) is 0 Å². The second-order valence-electron chi connectivity index (χ2n) is 6.38. The van der Waals surface area contributed by atoms with E-state index in [0.717, 1.165) is 5.75 Å². The normalized spacial score (nSPS) is 16.4. The average Bonchev–Trinajstić information content (AvgIpc) is 3.12. The molecule has 0 unspecified atom stereocenters. The topological polar surface area (TPSA) is 9.23 Å². The summed E-state index contributed by atoms with van der Waals surface area (Å²) in [5.74, 6) is 1.65. The van der Waals surface area contributed by atoms with Crippen LogP contribution < -0.4 is 4.74 Å². The SMILES string of the molecule is C/C=C\C(=C/C)c1cc(C2CCCC2)bc2cc(OC)ccc12. The van der Waals surface area contributed by atoms with Crippen molar-refractivity contribution < 1.29 is 4.74 Å². The molecule has 1 nitrogen and oxygen atoms in total. The zero-order valence-electron chi connectivity index (χ0n) is 14.4. The van der Waals surface area contributed by atoms with Gasteiger partial charge in [0.1, 0.15) is 0 Å². The number of methoxy groups -OCH3 is 1. The van der Waals surface area contributed by atoms with Crippen LogP contribution in [0.25, 0.3) is 16.2 Å². The van der Waals surface area contributed by atoms with Crippen LogP contribution in [0.1, 0.15) is 56.5 Å². The molecule has 0 amide bonds. The van der Waals surface area contributed by atoms with Gasteiger partial charge < -0.3 is 0 Å². The van der Waals surface area contributed by atoms with Crippen LogP contribution in [0.2, 0.25) is 0 Å². The van der Waals surface area contributed by atoms with Gasteiger partial charge in [0.05, 0.1) is 0 Å². The molecule has 1 fully saturated rings. The quantitative estimate of drug-likeness (QED) is 0.646. The second-order valence-corrected chi connectivity index (χ2v) is 6.38. The van der Waals surface area contributed by atoms with Crippen LogP contribution in [0.5, 0.6) is 5.75 Å². The molecular formula is C21H25BO. The first-order valence-corrected chi connectivity index (χ1v) is 8.68. The molecule has 0 saturated heterocycles. The number of benzene rings is 1. The van der Waals surface area contributed by atoms with E-state index in [4.69, 9.17) is 4.74 Å². The van der Waals surface area contributed by atoms with Gasteiger partial charge in [-0.2, -0.15) is 0 Å². The zero-order chi connectivity index (χ0) is 16.2. The fourth-order valence-corrected chi connectivity index (χ4v) is 3.75. The Hall–Kier alpha value is -1.83. The number of hydrogen-bond acceptors (Lipinski definition) is 1. The van der Waals surface area contributed by atoms with Crippen molar-refractivity contribution in [1.82, 2.24) is 0 Å². The molecular weight excluding hydrogens is 279 g/mol. The number of rotatable bonds is 4. The van der Waals surface area contributed by atoms with Crippen molar-refractivity contribution in [3.8, 4) is 5.75 Å². The first-order valence-electron chi connectivity index (χ1n) is 8.68. The molecule has 0 N–H and O–H groups in total. The van der Waals surface area contributed by atoms with E-state index in [0.29, 0.717) is 5.92 Å². The molecule has 1 aromatic heterocycles. The fourth-order valence-electron chi connectivity index (χ4n) is 3.75. The third-order valence-corrected chi connectivity index (χ3v) is 4.98. The standard InChI is InChI=1S/C21H25BO/c1-4-8-15(5-2)19-14-20(16-9-6-7-10-16)22-21-13-17(23-3)11-12-18(19)21/h4-5,8,11-14,16H,6-7,9-10H2,1-3H3/b8-4-,15-5+. The molecule has 3 rings (SSSR count). The predicted molar refractivity (Wildman–Crippen MR) is 102 cm³/mol. The Balaban J connectivity index is 2.22. The zero-order valence-corrected chi connectivity index (χ0v) is 14.4. The molecule has 1 aliphatic rings. The first-order chi connectivity index (χ1) is 11.3. The number of hydrogen-bond donors (Lipinski definition) is 0. The van der Waals surface area contributed by atoms with Gasteiger partial charge in [0.15, 0.2) is 0 Å². The molecule has 0 bridgehead atoms. The fraction of sp³-hybridized carbons (Fsp3) is 0.381. The van der Waals surface area contributed by atoms with Gasteiger partial charge in [0.25, 0.3) is 0 Å². The molecule has 1 saturated carbocycles. The molecule has 1 aliphatic carbocycles. The Bertz CT molecular complexity index is 752. The summed E-state index contributed by atoms with van der Waals surface area (Å²) in [6.07, 6.45) is 11.9. The van der Waals surface area contributed by atoms with Gasteiger partial charge in [0, 0.05) is 0 Å². The summed E-state index contributed by atoms with van der Waals surface area (Å²) < 4.78 is 5.43. The van der Waals surface area contributed by atoms with E-state index in [-0.39, 0.29) is 0 Å². The predicted octanol–water partition coefficient (Wildman–Crippen LogP) is 5.82. The van der Waals surface area contributed by atoms with E-state index in [9.17, 15) is 0 Å². The van der Waals surface area contributed by atoms with Crippen molar-refractivity contribution in [3.05, 3.63) is 53.5 Å². The monoisotopic (exact) mass is 304 g/mol. The summed E-state index contributed by atoms with van der Waals surface area (Å²) in [6, 6.07) is 8.83. The number of fused-ring (bicyclic) bond motifs is 1. The molecule has 0 atom stereocenters.